The van der Waals surface area contributed by atoms with Gasteiger partial charge in [-0.1, -0.05) is 32.1 Å². The van der Waals surface area contributed by atoms with Gasteiger partial charge in [0.2, 0.25) is 0 Å². The number of rotatable bonds is 5. The molecule has 4 heteroatoms. The molecule has 1 heterocycles. The second kappa shape index (κ2) is 6.63. The molecule has 2 aliphatic rings. The summed E-state index contributed by atoms with van der Waals surface area (Å²) in [5, 5.41) is 14.2. The van der Waals surface area contributed by atoms with Crippen molar-refractivity contribution >= 4 is 5.97 Å². The summed E-state index contributed by atoms with van der Waals surface area (Å²) in [6, 6.07) is 2.56. The number of nitrogens with zero attached hydrogens (tertiary/aromatic N) is 2. The van der Waals surface area contributed by atoms with Crippen molar-refractivity contribution < 1.29 is 9.90 Å². The summed E-state index contributed by atoms with van der Waals surface area (Å²) in [5.74, 6) is -0.543. The quantitative estimate of drug-likeness (QED) is 0.896. The highest BCUT2D eigenvalue weighted by molar-refractivity contribution is 5.70. The lowest BCUT2D eigenvalue weighted by molar-refractivity contribution is -0.143. The Morgan fingerprint density at radius 1 is 1.19 bits per heavy atom. The van der Waals surface area contributed by atoms with Crippen molar-refractivity contribution in [1.29, 1.82) is 0 Å². The highest BCUT2D eigenvalue weighted by atomic mass is 16.4. The summed E-state index contributed by atoms with van der Waals surface area (Å²) in [6.07, 6.45) is 13.5. The predicted octanol–water partition coefficient (Wildman–Crippen LogP) is 3.82. The van der Waals surface area contributed by atoms with Gasteiger partial charge in [-0.05, 0) is 37.7 Å². The van der Waals surface area contributed by atoms with Crippen molar-refractivity contribution in [3.63, 3.8) is 0 Å². The number of hydrogen-bond donors (Lipinski definition) is 1. The molecule has 3 rings (SSSR count). The van der Waals surface area contributed by atoms with Gasteiger partial charge in [-0.25, -0.2) is 0 Å². The normalized spacial score (nSPS) is 22.5. The Labute approximate surface area is 126 Å². The molecule has 1 N–H and O–H groups in total. The van der Waals surface area contributed by atoms with Crippen LogP contribution in [0.5, 0.6) is 0 Å². The molecule has 0 amide bonds. The molecule has 1 aromatic heterocycles. The van der Waals surface area contributed by atoms with Gasteiger partial charge in [0.05, 0.1) is 17.7 Å². The average molecular weight is 290 g/mol. The zero-order valence-electron chi connectivity index (χ0n) is 12.7. The largest absolute Gasteiger partial charge is 0.481 e. The van der Waals surface area contributed by atoms with Crippen LogP contribution in [-0.2, 0) is 11.2 Å². The molecule has 4 nitrogen and oxygen atoms in total. The van der Waals surface area contributed by atoms with E-state index in [4.69, 9.17) is 0 Å². The summed E-state index contributed by atoms with van der Waals surface area (Å²) in [7, 11) is 0. The molecule has 0 spiro atoms. The van der Waals surface area contributed by atoms with Gasteiger partial charge >= 0.3 is 5.97 Å². The van der Waals surface area contributed by atoms with E-state index in [1.54, 1.807) is 0 Å². The summed E-state index contributed by atoms with van der Waals surface area (Å²) in [4.78, 5) is 11.6. The maximum Gasteiger partial charge on any atom is 0.307 e. The van der Waals surface area contributed by atoms with Gasteiger partial charge < -0.3 is 5.11 Å². The Balaban J connectivity index is 1.65. The van der Waals surface area contributed by atoms with Gasteiger partial charge in [-0.2, -0.15) is 5.10 Å². The number of hydrogen-bond acceptors (Lipinski definition) is 2. The Bertz CT molecular complexity index is 471. The number of aromatic nitrogens is 2. The van der Waals surface area contributed by atoms with Crippen LogP contribution in [0.1, 0.15) is 69.5 Å². The number of aliphatic carboxylic acids is 1. The van der Waals surface area contributed by atoms with E-state index in [2.05, 4.69) is 16.0 Å². The topological polar surface area (TPSA) is 55.1 Å². The monoisotopic (exact) mass is 290 g/mol. The highest BCUT2D eigenvalue weighted by Gasteiger charge is 2.31. The summed E-state index contributed by atoms with van der Waals surface area (Å²) in [6.45, 7) is 0. The third-order valence-electron chi connectivity index (χ3n) is 5.33. The third kappa shape index (κ3) is 3.47. The van der Waals surface area contributed by atoms with E-state index in [1.807, 2.05) is 6.07 Å². The molecule has 1 aromatic rings. The molecule has 1 unspecified atom stereocenters. The van der Waals surface area contributed by atoms with E-state index >= 15 is 0 Å². The van der Waals surface area contributed by atoms with Crippen LogP contribution in [-0.4, -0.2) is 20.9 Å². The van der Waals surface area contributed by atoms with Crippen LogP contribution in [0.3, 0.4) is 0 Å². The van der Waals surface area contributed by atoms with E-state index in [-0.39, 0.29) is 5.92 Å². The number of carboxylic acid groups (broad SMARTS) is 1. The van der Waals surface area contributed by atoms with E-state index in [9.17, 15) is 9.90 Å². The van der Waals surface area contributed by atoms with Crippen LogP contribution in [0.15, 0.2) is 12.3 Å². The lowest BCUT2D eigenvalue weighted by Gasteiger charge is -2.22. The van der Waals surface area contributed by atoms with Gasteiger partial charge in [0.1, 0.15) is 0 Å². The minimum atomic E-state index is -0.644. The van der Waals surface area contributed by atoms with Gasteiger partial charge in [0, 0.05) is 12.6 Å². The van der Waals surface area contributed by atoms with Crippen LogP contribution in [0, 0.1) is 11.8 Å². The van der Waals surface area contributed by atoms with Crippen LogP contribution in [0.25, 0.3) is 0 Å². The summed E-state index contributed by atoms with van der Waals surface area (Å²) < 4.78 is 2.09. The van der Waals surface area contributed by atoms with Crippen molar-refractivity contribution in [2.24, 2.45) is 11.8 Å². The van der Waals surface area contributed by atoms with Crippen molar-refractivity contribution in [1.82, 2.24) is 9.78 Å². The Morgan fingerprint density at radius 2 is 1.86 bits per heavy atom. The Hall–Kier alpha value is -1.32. The Kier molecular flexibility index (Phi) is 4.61. The SMILES string of the molecule is O=C(O)C(Cc1ccn(C2CCCCC2)n1)C1CCCC1. The molecule has 21 heavy (non-hydrogen) atoms. The summed E-state index contributed by atoms with van der Waals surface area (Å²) >= 11 is 0. The number of carboxylic acids is 1. The smallest absolute Gasteiger partial charge is 0.307 e. The average Bonchev–Trinajstić information content (AvgIpc) is 3.17. The predicted molar refractivity (Wildman–Crippen MR) is 81.1 cm³/mol. The lowest BCUT2D eigenvalue weighted by Crippen LogP contribution is -2.24. The summed E-state index contributed by atoms with van der Waals surface area (Å²) in [5.41, 5.74) is 0.958. The van der Waals surface area contributed by atoms with Crippen molar-refractivity contribution in [2.75, 3.05) is 0 Å². The van der Waals surface area contributed by atoms with Crippen LogP contribution in [0.4, 0.5) is 0 Å². The first kappa shape index (κ1) is 14.6. The third-order valence-corrected chi connectivity index (χ3v) is 5.33. The van der Waals surface area contributed by atoms with Crippen molar-refractivity contribution in [3.05, 3.63) is 18.0 Å². The molecule has 0 bridgehead atoms. The van der Waals surface area contributed by atoms with Crippen LogP contribution < -0.4 is 0 Å². The highest BCUT2D eigenvalue weighted by Crippen LogP contribution is 2.33. The first-order chi connectivity index (χ1) is 10.2. The molecular weight excluding hydrogens is 264 g/mol. The standard InChI is InChI=1S/C17H26N2O2/c20-17(21)16(13-6-4-5-7-13)12-14-10-11-19(18-14)15-8-2-1-3-9-15/h10-11,13,15-16H,1-9,12H2,(H,20,21). The van der Waals surface area contributed by atoms with Crippen molar-refractivity contribution in [3.8, 4) is 0 Å². The molecule has 0 aliphatic heterocycles. The van der Waals surface area contributed by atoms with Gasteiger partial charge in [0.25, 0.3) is 0 Å². The van der Waals surface area contributed by atoms with Gasteiger partial charge in [0.15, 0.2) is 0 Å². The maximum absolute atomic E-state index is 11.6. The fourth-order valence-electron chi connectivity index (χ4n) is 4.08. The minimum absolute atomic E-state index is 0.248. The van der Waals surface area contributed by atoms with Gasteiger partial charge in [-0.3, -0.25) is 9.48 Å². The molecule has 2 aliphatic carbocycles. The first-order valence-electron chi connectivity index (χ1n) is 8.51. The zero-order valence-corrected chi connectivity index (χ0v) is 12.7. The second-order valence-corrected chi connectivity index (χ2v) is 6.77. The molecule has 0 radical (unpaired) electrons. The Morgan fingerprint density at radius 3 is 2.52 bits per heavy atom. The fourth-order valence-corrected chi connectivity index (χ4v) is 4.08. The molecule has 2 fully saturated rings. The fraction of sp³-hybridized carbons (Fsp3) is 0.765. The molecule has 0 saturated heterocycles. The van der Waals surface area contributed by atoms with Crippen LogP contribution in [0.2, 0.25) is 0 Å². The van der Waals surface area contributed by atoms with Crippen molar-refractivity contribution in [2.45, 2.75) is 70.3 Å². The molecule has 116 valence electrons. The number of carbonyl (C=O) groups is 1. The van der Waals surface area contributed by atoms with E-state index in [0.717, 1.165) is 18.5 Å². The second-order valence-electron chi connectivity index (χ2n) is 6.77. The molecule has 0 aromatic carbocycles. The molecular formula is C17H26N2O2. The van der Waals surface area contributed by atoms with Gasteiger partial charge in [-0.15, -0.1) is 0 Å². The van der Waals surface area contributed by atoms with E-state index in [1.165, 1.54) is 44.9 Å². The molecule has 1 atom stereocenters. The van der Waals surface area contributed by atoms with Crippen LogP contribution >= 0.6 is 0 Å². The molecule has 2 saturated carbocycles. The lowest BCUT2D eigenvalue weighted by atomic mass is 9.87. The van der Waals surface area contributed by atoms with E-state index in [0.29, 0.717) is 18.4 Å². The minimum Gasteiger partial charge on any atom is -0.481 e. The van der Waals surface area contributed by atoms with E-state index < -0.39 is 5.97 Å². The first-order valence-corrected chi connectivity index (χ1v) is 8.51. The zero-order chi connectivity index (χ0) is 14.7. The maximum atomic E-state index is 11.6.